The van der Waals surface area contributed by atoms with E-state index in [1.54, 1.807) is 0 Å². The summed E-state index contributed by atoms with van der Waals surface area (Å²) in [6.07, 6.45) is 4.09. The Morgan fingerprint density at radius 2 is 2.28 bits per heavy atom. The maximum absolute atomic E-state index is 8.46. The second-order valence-electron chi connectivity index (χ2n) is 4.01. The molecule has 0 aliphatic carbocycles. The first-order chi connectivity index (χ1) is 8.78. The fourth-order valence-electron chi connectivity index (χ4n) is 1.68. The molecular weight excluding hydrogens is 226 g/mol. The van der Waals surface area contributed by atoms with Gasteiger partial charge in [0.2, 0.25) is 0 Å². The van der Waals surface area contributed by atoms with Crippen molar-refractivity contribution in [2.75, 3.05) is 11.9 Å². The normalized spacial score (nSPS) is 9.78. The molecule has 0 aliphatic heterocycles. The zero-order valence-corrected chi connectivity index (χ0v) is 10.3. The molecule has 4 heteroatoms. The van der Waals surface area contributed by atoms with Crippen LogP contribution in [0.15, 0.2) is 42.7 Å². The molecule has 0 fully saturated rings. The summed E-state index contributed by atoms with van der Waals surface area (Å²) in [4.78, 5) is 0. The summed E-state index contributed by atoms with van der Waals surface area (Å²) in [5.74, 6) is 0.703. The summed E-state index contributed by atoms with van der Waals surface area (Å²) in [5, 5.41) is 11.8. The fourth-order valence-corrected chi connectivity index (χ4v) is 1.68. The average Bonchev–Trinajstić information content (AvgIpc) is 2.80. The van der Waals surface area contributed by atoms with Crippen molar-refractivity contribution in [3.05, 3.63) is 48.3 Å². The number of ether oxygens (including phenoxy) is 1. The number of nitrogens with zero attached hydrogens (tertiary/aromatic N) is 2. The molecule has 4 nitrogen and oxygen atoms in total. The maximum Gasteiger partial charge on any atom is 0.174 e. The monoisotopic (exact) mass is 241 g/mol. The summed E-state index contributed by atoms with van der Waals surface area (Å²) in [6.45, 7) is 0.838. The predicted molar refractivity (Wildman–Crippen MR) is 70.3 cm³/mol. The predicted octanol–water partition coefficient (Wildman–Crippen LogP) is 2.54. The van der Waals surface area contributed by atoms with E-state index in [1.165, 1.54) is 5.56 Å². The molecule has 1 N–H and O–H groups in total. The minimum absolute atomic E-state index is 0.0716. The summed E-state index contributed by atoms with van der Waals surface area (Å²) in [5.41, 5.74) is 2.20. The van der Waals surface area contributed by atoms with Crippen molar-refractivity contribution >= 4 is 5.69 Å². The first kappa shape index (κ1) is 12.1. The lowest BCUT2D eigenvalue weighted by Gasteiger charge is -2.07. The minimum atomic E-state index is 0.0716. The van der Waals surface area contributed by atoms with Crippen molar-refractivity contribution in [2.24, 2.45) is 7.05 Å². The Morgan fingerprint density at radius 3 is 3.00 bits per heavy atom. The Labute approximate surface area is 106 Å². The van der Waals surface area contributed by atoms with E-state index in [-0.39, 0.29) is 6.61 Å². The van der Waals surface area contributed by atoms with Crippen molar-refractivity contribution in [1.82, 2.24) is 4.57 Å². The van der Waals surface area contributed by atoms with Crippen LogP contribution in [0, 0.1) is 11.3 Å². The molecule has 18 heavy (non-hydrogen) atoms. The smallest absolute Gasteiger partial charge is 0.174 e. The zero-order chi connectivity index (χ0) is 12.8. The topological polar surface area (TPSA) is 50.0 Å². The molecule has 2 aromatic rings. The number of hydrogen-bond donors (Lipinski definition) is 1. The van der Waals surface area contributed by atoms with E-state index in [0.29, 0.717) is 5.75 Å². The summed E-state index contributed by atoms with van der Waals surface area (Å²) < 4.78 is 7.26. The standard InChI is InChI=1S/C14H15N3O/c1-17-7-5-12(11-17)10-16-13-3-2-4-14(9-13)18-8-6-15/h2-5,7,9,11,16H,8,10H2,1H3. The first-order valence-corrected chi connectivity index (χ1v) is 5.72. The van der Waals surface area contributed by atoms with Gasteiger partial charge in [-0.2, -0.15) is 5.26 Å². The van der Waals surface area contributed by atoms with Gasteiger partial charge in [-0.05, 0) is 23.8 Å². The number of nitrogens with one attached hydrogen (secondary N) is 1. The van der Waals surface area contributed by atoms with Gasteiger partial charge in [-0.25, -0.2) is 0 Å². The number of aromatic nitrogens is 1. The lowest BCUT2D eigenvalue weighted by atomic mass is 10.2. The molecule has 2 rings (SSSR count). The van der Waals surface area contributed by atoms with Gasteiger partial charge in [0.15, 0.2) is 6.61 Å². The third-order valence-corrected chi connectivity index (χ3v) is 2.53. The van der Waals surface area contributed by atoms with Gasteiger partial charge in [0.25, 0.3) is 0 Å². The van der Waals surface area contributed by atoms with Gasteiger partial charge in [-0.1, -0.05) is 6.07 Å². The molecule has 0 aliphatic rings. The van der Waals surface area contributed by atoms with Crippen LogP contribution in [0.3, 0.4) is 0 Å². The van der Waals surface area contributed by atoms with Gasteiger partial charge in [0.1, 0.15) is 11.8 Å². The quantitative estimate of drug-likeness (QED) is 0.875. The van der Waals surface area contributed by atoms with Crippen molar-refractivity contribution in [2.45, 2.75) is 6.54 Å². The van der Waals surface area contributed by atoms with Gasteiger partial charge < -0.3 is 14.6 Å². The Kier molecular flexibility index (Phi) is 3.87. The molecule has 0 amide bonds. The number of aryl methyl sites for hydroxylation is 1. The second kappa shape index (κ2) is 5.78. The van der Waals surface area contributed by atoms with E-state index in [4.69, 9.17) is 10.00 Å². The lowest BCUT2D eigenvalue weighted by molar-refractivity contribution is 0.368. The average molecular weight is 241 g/mol. The highest BCUT2D eigenvalue weighted by atomic mass is 16.5. The van der Waals surface area contributed by atoms with E-state index in [0.717, 1.165) is 12.2 Å². The number of hydrogen-bond acceptors (Lipinski definition) is 3. The first-order valence-electron chi connectivity index (χ1n) is 5.72. The Bertz CT molecular complexity index is 554. The van der Waals surface area contributed by atoms with Crippen LogP contribution in [0.2, 0.25) is 0 Å². The van der Waals surface area contributed by atoms with Crippen LogP contribution in [0.4, 0.5) is 5.69 Å². The van der Waals surface area contributed by atoms with E-state index in [9.17, 15) is 0 Å². The van der Waals surface area contributed by atoms with Crippen LogP contribution < -0.4 is 10.1 Å². The van der Waals surface area contributed by atoms with Crippen LogP contribution >= 0.6 is 0 Å². The molecule has 1 aromatic heterocycles. The van der Waals surface area contributed by atoms with Crippen molar-refractivity contribution < 1.29 is 4.74 Å². The maximum atomic E-state index is 8.46. The van der Waals surface area contributed by atoms with Crippen LogP contribution in [-0.4, -0.2) is 11.2 Å². The van der Waals surface area contributed by atoms with Crippen LogP contribution in [-0.2, 0) is 13.6 Å². The molecule has 0 atom stereocenters. The van der Waals surface area contributed by atoms with E-state index >= 15 is 0 Å². The summed E-state index contributed by atoms with van der Waals surface area (Å²) in [6, 6.07) is 11.6. The molecule has 0 saturated carbocycles. The number of benzene rings is 1. The number of rotatable bonds is 5. The van der Waals surface area contributed by atoms with Crippen LogP contribution in [0.5, 0.6) is 5.75 Å². The molecule has 0 spiro atoms. The number of nitriles is 1. The van der Waals surface area contributed by atoms with E-state index in [1.807, 2.05) is 48.1 Å². The van der Waals surface area contributed by atoms with E-state index < -0.39 is 0 Å². The summed E-state index contributed by atoms with van der Waals surface area (Å²) >= 11 is 0. The zero-order valence-electron chi connectivity index (χ0n) is 10.3. The molecular formula is C14H15N3O. The third kappa shape index (κ3) is 3.29. The van der Waals surface area contributed by atoms with E-state index in [2.05, 4.69) is 17.6 Å². The largest absolute Gasteiger partial charge is 0.479 e. The molecule has 0 unspecified atom stereocenters. The van der Waals surface area contributed by atoms with Crippen LogP contribution in [0.25, 0.3) is 0 Å². The van der Waals surface area contributed by atoms with Gasteiger partial charge in [0.05, 0.1) is 0 Å². The van der Waals surface area contributed by atoms with Crippen LogP contribution in [0.1, 0.15) is 5.56 Å². The molecule has 1 aromatic carbocycles. The number of anilines is 1. The second-order valence-corrected chi connectivity index (χ2v) is 4.01. The highest BCUT2D eigenvalue weighted by Crippen LogP contribution is 2.18. The Balaban J connectivity index is 1.95. The molecule has 1 heterocycles. The van der Waals surface area contributed by atoms with Gasteiger partial charge >= 0.3 is 0 Å². The van der Waals surface area contributed by atoms with Gasteiger partial charge in [-0.15, -0.1) is 0 Å². The fraction of sp³-hybridized carbons (Fsp3) is 0.214. The van der Waals surface area contributed by atoms with Gasteiger partial charge in [0, 0.05) is 37.7 Å². The summed E-state index contributed by atoms with van der Waals surface area (Å²) in [7, 11) is 2.00. The molecule has 92 valence electrons. The lowest BCUT2D eigenvalue weighted by Crippen LogP contribution is -1.99. The van der Waals surface area contributed by atoms with Crippen molar-refractivity contribution in [3.8, 4) is 11.8 Å². The van der Waals surface area contributed by atoms with Gasteiger partial charge in [-0.3, -0.25) is 0 Å². The minimum Gasteiger partial charge on any atom is -0.479 e. The third-order valence-electron chi connectivity index (χ3n) is 2.53. The van der Waals surface area contributed by atoms with Crippen molar-refractivity contribution in [1.29, 1.82) is 5.26 Å². The Morgan fingerprint density at radius 1 is 1.39 bits per heavy atom. The Hall–Kier alpha value is -2.41. The highest BCUT2D eigenvalue weighted by molar-refractivity contribution is 5.48. The molecule has 0 radical (unpaired) electrons. The van der Waals surface area contributed by atoms with Crippen molar-refractivity contribution in [3.63, 3.8) is 0 Å². The SMILES string of the molecule is Cn1ccc(CNc2cccc(OCC#N)c2)c1. The highest BCUT2D eigenvalue weighted by Gasteiger charge is 1.98. The molecule has 0 saturated heterocycles. The molecule has 0 bridgehead atoms.